The molecule has 0 unspecified atom stereocenters. The summed E-state index contributed by atoms with van der Waals surface area (Å²) in [6.45, 7) is 12.9. The van der Waals surface area contributed by atoms with E-state index >= 15 is 0 Å². The van der Waals surface area contributed by atoms with E-state index < -0.39 is 0 Å². The van der Waals surface area contributed by atoms with Gasteiger partial charge in [-0.3, -0.25) is 0 Å². The molecule has 1 nitrogen and oxygen atoms in total. The third-order valence-electron chi connectivity index (χ3n) is 2.95. The van der Waals surface area contributed by atoms with E-state index in [0.29, 0.717) is 11.0 Å². The first kappa shape index (κ1) is 10.0. The molecule has 1 rings (SSSR count). The molecule has 0 amide bonds. The van der Waals surface area contributed by atoms with Crippen LogP contribution in [-0.2, 0) is 0 Å². The van der Waals surface area contributed by atoms with E-state index in [9.17, 15) is 0 Å². The van der Waals surface area contributed by atoms with Crippen LogP contribution in [0.3, 0.4) is 0 Å². The van der Waals surface area contributed by atoms with Crippen molar-refractivity contribution in [3.05, 3.63) is 0 Å². The Morgan fingerprint density at radius 1 is 1.33 bits per heavy atom. The molecule has 0 radical (unpaired) electrons. The zero-order valence-electron chi connectivity index (χ0n) is 9.20. The molecule has 0 saturated carbocycles. The molecule has 0 aliphatic carbocycles. The number of rotatable bonds is 1. The van der Waals surface area contributed by atoms with Crippen LogP contribution >= 0.6 is 0 Å². The lowest BCUT2D eigenvalue weighted by Gasteiger charge is -2.32. The summed E-state index contributed by atoms with van der Waals surface area (Å²) in [5.74, 6) is 0.859. The Labute approximate surface area is 76.9 Å². The van der Waals surface area contributed by atoms with Crippen LogP contribution in [0.4, 0.5) is 0 Å². The van der Waals surface area contributed by atoms with Gasteiger partial charge in [0.25, 0.3) is 0 Å². The van der Waals surface area contributed by atoms with Gasteiger partial charge in [0.15, 0.2) is 0 Å². The quantitative estimate of drug-likeness (QED) is 0.636. The van der Waals surface area contributed by atoms with Gasteiger partial charge in [0.05, 0.1) is 0 Å². The van der Waals surface area contributed by atoms with Crippen LogP contribution in [0, 0.1) is 11.3 Å². The molecule has 0 aromatic heterocycles. The second kappa shape index (κ2) is 3.02. The molecule has 0 spiro atoms. The van der Waals surface area contributed by atoms with Crippen molar-refractivity contribution in [2.75, 3.05) is 6.54 Å². The molecule has 1 N–H and O–H groups in total. The lowest BCUT2D eigenvalue weighted by molar-refractivity contribution is 0.228. The predicted molar refractivity (Wildman–Crippen MR) is 54.3 cm³/mol. The Hall–Kier alpha value is -0.0400. The molecule has 1 fully saturated rings. The monoisotopic (exact) mass is 169 g/mol. The highest BCUT2D eigenvalue weighted by Gasteiger charge is 2.35. The third-order valence-corrected chi connectivity index (χ3v) is 2.95. The van der Waals surface area contributed by atoms with Crippen LogP contribution < -0.4 is 5.32 Å². The van der Waals surface area contributed by atoms with Crippen molar-refractivity contribution >= 4 is 0 Å². The zero-order chi connectivity index (χ0) is 9.41. The first-order chi connectivity index (χ1) is 5.31. The van der Waals surface area contributed by atoms with Crippen LogP contribution in [0.2, 0.25) is 0 Å². The summed E-state index contributed by atoms with van der Waals surface area (Å²) in [6, 6.07) is 0. The predicted octanol–water partition coefficient (Wildman–Crippen LogP) is 2.81. The molecule has 0 aromatic rings. The van der Waals surface area contributed by atoms with Crippen molar-refractivity contribution in [1.82, 2.24) is 5.32 Å². The van der Waals surface area contributed by atoms with Gasteiger partial charge in [0.1, 0.15) is 0 Å². The molecule has 0 bridgehead atoms. The molecular formula is C11H23N. The minimum Gasteiger partial charge on any atom is -0.312 e. The highest BCUT2D eigenvalue weighted by atomic mass is 15.0. The van der Waals surface area contributed by atoms with Crippen LogP contribution in [-0.4, -0.2) is 12.1 Å². The maximum absolute atomic E-state index is 3.57. The average molecular weight is 169 g/mol. The molecule has 1 aliphatic heterocycles. The summed E-state index contributed by atoms with van der Waals surface area (Å²) in [5.41, 5.74) is 0.848. The Morgan fingerprint density at radius 2 is 1.92 bits per heavy atom. The van der Waals surface area contributed by atoms with Crippen molar-refractivity contribution in [1.29, 1.82) is 0 Å². The second-order valence-corrected chi connectivity index (χ2v) is 5.90. The van der Waals surface area contributed by atoms with Gasteiger partial charge < -0.3 is 5.32 Å². The van der Waals surface area contributed by atoms with Gasteiger partial charge in [-0.15, -0.1) is 0 Å². The molecule has 1 heterocycles. The van der Waals surface area contributed by atoms with E-state index in [1.165, 1.54) is 19.4 Å². The Morgan fingerprint density at radius 3 is 2.25 bits per heavy atom. The smallest absolute Gasteiger partial charge is 0.0153 e. The fraction of sp³-hybridized carbons (Fsp3) is 1.00. The first-order valence-corrected chi connectivity index (χ1v) is 5.06. The second-order valence-electron chi connectivity index (χ2n) is 5.90. The molecule has 1 saturated heterocycles. The average Bonchev–Trinajstić information content (AvgIpc) is 2.07. The molecule has 0 aromatic carbocycles. The molecular weight excluding hydrogens is 146 g/mol. The lowest BCUT2D eigenvalue weighted by Crippen LogP contribution is -2.39. The minimum atomic E-state index is 0.368. The van der Waals surface area contributed by atoms with Crippen molar-refractivity contribution in [3.8, 4) is 0 Å². The molecule has 72 valence electrons. The van der Waals surface area contributed by atoms with Crippen LogP contribution in [0.1, 0.15) is 47.5 Å². The summed E-state index contributed by atoms with van der Waals surface area (Å²) in [4.78, 5) is 0. The molecule has 12 heavy (non-hydrogen) atoms. The Bertz CT molecular complexity index is 153. The van der Waals surface area contributed by atoms with Crippen molar-refractivity contribution in [2.45, 2.75) is 53.0 Å². The van der Waals surface area contributed by atoms with Gasteiger partial charge in [-0.1, -0.05) is 20.8 Å². The fourth-order valence-electron chi connectivity index (χ4n) is 2.17. The maximum Gasteiger partial charge on any atom is 0.0153 e. The topological polar surface area (TPSA) is 12.0 Å². The van der Waals surface area contributed by atoms with Gasteiger partial charge in [-0.2, -0.15) is 0 Å². The van der Waals surface area contributed by atoms with Crippen molar-refractivity contribution in [3.63, 3.8) is 0 Å². The number of nitrogens with one attached hydrogen (secondary N) is 1. The summed E-state index contributed by atoms with van der Waals surface area (Å²) < 4.78 is 0. The summed E-state index contributed by atoms with van der Waals surface area (Å²) >= 11 is 0. The summed E-state index contributed by atoms with van der Waals surface area (Å²) in [5, 5.41) is 3.57. The Kier molecular flexibility index (Phi) is 2.53. The standard InChI is InChI=1S/C11H23N/c1-10(2,3)8-9-6-7-12-11(9,4)5/h9,12H,6-8H2,1-5H3/t9-/m1/s1. The van der Waals surface area contributed by atoms with Gasteiger partial charge in [-0.05, 0) is 44.6 Å². The van der Waals surface area contributed by atoms with E-state index in [0.717, 1.165) is 5.92 Å². The van der Waals surface area contributed by atoms with Gasteiger partial charge in [0.2, 0.25) is 0 Å². The van der Waals surface area contributed by atoms with Crippen LogP contribution in [0.25, 0.3) is 0 Å². The zero-order valence-corrected chi connectivity index (χ0v) is 9.20. The van der Waals surface area contributed by atoms with E-state index in [1.54, 1.807) is 0 Å². The number of hydrogen-bond acceptors (Lipinski definition) is 1. The number of hydrogen-bond donors (Lipinski definition) is 1. The SMILES string of the molecule is CC(C)(C)C[C@H]1CCNC1(C)C. The summed E-state index contributed by atoms with van der Waals surface area (Å²) in [6.07, 6.45) is 2.69. The van der Waals surface area contributed by atoms with Gasteiger partial charge in [-0.25, -0.2) is 0 Å². The third kappa shape index (κ3) is 2.48. The Balaban J connectivity index is 2.53. The van der Waals surface area contributed by atoms with E-state index in [-0.39, 0.29) is 0 Å². The lowest BCUT2D eigenvalue weighted by atomic mass is 9.77. The van der Waals surface area contributed by atoms with Crippen LogP contribution in [0.5, 0.6) is 0 Å². The van der Waals surface area contributed by atoms with Gasteiger partial charge >= 0.3 is 0 Å². The first-order valence-electron chi connectivity index (χ1n) is 5.06. The highest BCUT2D eigenvalue weighted by molar-refractivity contribution is 4.93. The molecule has 1 aliphatic rings. The van der Waals surface area contributed by atoms with E-state index in [2.05, 4.69) is 39.9 Å². The van der Waals surface area contributed by atoms with E-state index in [4.69, 9.17) is 0 Å². The maximum atomic E-state index is 3.57. The van der Waals surface area contributed by atoms with Crippen molar-refractivity contribution < 1.29 is 0 Å². The largest absolute Gasteiger partial charge is 0.312 e. The fourth-order valence-corrected chi connectivity index (χ4v) is 2.17. The van der Waals surface area contributed by atoms with Crippen molar-refractivity contribution in [2.24, 2.45) is 11.3 Å². The normalized spacial score (nSPS) is 29.2. The molecule has 1 heteroatoms. The van der Waals surface area contributed by atoms with E-state index in [1.807, 2.05) is 0 Å². The minimum absolute atomic E-state index is 0.368. The highest BCUT2D eigenvalue weighted by Crippen LogP contribution is 2.35. The summed E-state index contributed by atoms with van der Waals surface area (Å²) in [7, 11) is 0. The molecule has 1 atom stereocenters. The van der Waals surface area contributed by atoms with Crippen LogP contribution in [0.15, 0.2) is 0 Å². The van der Waals surface area contributed by atoms with Gasteiger partial charge in [0, 0.05) is 5.54 Å².